The normalized spacial score (nSPS) is 15.6. The fourth-order valence-corrected chi connectivity index (χ4v) is 5.65. The average Bonchev–Trinajstić information content (AvgIpc) is 3.44. The van der Waals surface area contributed by atoms with Crippen molar-refractivity contribution in [1.82, 2.24) is 15.2 Å². The minimum Gasteiger partial charge on any atom is -0.481 e. The highest BCUT2D eigenvalue weighted by atomic mass is 32.1. The van der Waals surface area contributed by atoms with E-state index in [0.29, 0.717) is 11.4 Å². The number of hydrogen-bond donors (Lipinski definition) is 3. The molecule has 0 radical (unpaired) electrons. The molecule has 0 bridgehead atoms. The van der Waals surface area contributed by atoms with Crippen LogP contribution in [0, 0.1) is 17.8 Å². The van der Waals surface area contributed by atoms with Crippen molar-refractivity contribution in [3.8, 4) is 0 Å². The fourth-order valence-electron chi connectivity index (χ4n) is 4.81. The van der Waals surface area contributed by atoms with Crippen molar-refractivity contribution in [3.05, 3.63) is 52.0 Å². The average molecular weight is 603 g/mol. The molecule has 0 aliphatic rings. The molecule has 0 spiro atoms. The molecule has 0 saturated carbocycles. The van der Waals surface area contributed by atoms with Crippen LogP contribution in [0.2, 0.25) is 0 Å². The highest BCUT2D eigenvalue weighted by Gasteiger charge is 2.33. The number of nitrogens with one attached hydrogen (secondary N) is 1. The minimum absolute atomic E-state index is 0.0151. The molecule has 1 aromatic carbocycles. The molecule has 2 aromatic rings. The molecule has 10 nitrogen and oxygen atoms in total. The summed E-state index contributed by atoms with van der Waals surface area (Å²) in [5.41, 5.74) is 7.36. The van der Waals surface area contributed by atoms with Gasteiger partial charge in [0.25, 0.3) is 5.91 Å². The Kier molecular flexibility index (Phi) is 13.6. The summed E-state index contributed by atoms with van der Waals surface area (Å²) < 4.78 is 5.65. The van der Waals surface area contributed by atoms with E-state index >= 15 is 0 Å². The monoisotopic (exact) mass is 602 g/mol. The van der Waals surface area contributed by atoms with Gasteiger partial charge in [0.15, 0.2) is 6.10 Å². The molecule has 0 aliphatic heterocycles. The van der Waals surface area contributed by atoms with Crippen LogP contribution in [0.25, 0.3) is 0 Å². The SMILES string of the molecule is CC[C@H](C)C(N)C(=O)N(C)[C@H](C[C@@H](OC(C)=O)c1nc(C(=O)N[C@@H](Cc2ccccc2)C[C@H](C)C(=O)O)cs1)C(C)C. The Morgan fingerprint density at radius 1 is 1.10 bits per heavy atom. The Hall–Kier alpha value is -3.31. The second kappa shape index (κ2) is 16.4. The van der Waals surface area contributed by atoms with Gasteiger partial charge in [-0.2, -0.15) is 0 Å². The summed E-state index contributed by atoms with van der Waals surface area (Å²) in [6.07, 6.45) is 0.997. The number of hydrogen-bond acceptors (Lipinski definition) is 8. The van der Waals surface area contributed by atoms with Crippen molar-refractivity contribution in [2.75, 3.05) is 7.05 Å². The number of amides is 2. The van der Waals surface area contributed by atoms with Gasteiger partial charge in [0.05, 0.1) is 12.0 Å². The molecule has 1 aromatic heterocycles. The molecule has 232 valence electrons. The van der Waals surface area contributed by atoms with Crippen LogP contribution in [0.4, 0.5) is 0 Å². The van der Waals surface area contributed by atoms with Gasteiger partial charge in [-0.3, -0.25) is 19.2 Å². The van der Waals surface area contributed by atoms with E-state index in [0.717, 1.165) is 12.0 Å². The van der Waals surface area contributed by atoms with Crippen LogP contribution < -0.4 is 11.1 Å². The number of benzene rings is 1. The van der Waals surface area contributed by atoms with E-state index < -0.39 is 42.0 Å². The first-order chi connectivity index (χ1) is 19.7. The number of aliphatic carboxylic acids is 1. The van der Waals surface area contributed by atoms with Gasteiger partial charge in [0.1, 0.15) is 10.7 Å². The number of likely N-dealkylation sites (N-methyl/N-ethyl adjacent to an activating group) is 1. The molecule has 2 rings (SSSR count). The summed E-state index contributed by atoms with van der Waals surface area (Å²) in [5, 5.41) is 14.4. The number of ether oxygens (including phenoxy) is 1. The first-order valence-corrected chi connectivity index (χ1v) is 15.3. The van der Waals surface area contributed by atoms with Crippen molar-refractivity contribution < 1.29 is 29.0 Å². The predicted molar refractivity (Wildman–Crippen MR) is 163 cm³/mol. The van der Waals surface area contributed by atoms with Crippen molar-refractivity contribution in [2.45, 2.75) is 91.5 Å². The number of rotatable bonds is 16. The summed E-state index contributed by atoms with van der Waals surface area (Å²) in [6.45, 7) is 10.8. The van der Waals surface area contributed by atoms with E-state index in [9.17, 15) is 24.3 Å². The number of esters is 1. The Bertz CT molecular complexity index is 1190. The van der Waals surface area contributed by atoms with Crippen LogP contribution in [0.5, 0.6) is 0 Å². The second-order valence-electron chi connectivity index (χ2n) is 11.4. The van der Waals surface area contributed by atoms with E-state index in [1.165, 1.54) is 18.3 Å². The summed E-state index contributed by atoms with van der Waals surface area (Å²) in [5.74, 6) is -2.66. The zero-order valence-electron chi connectivity index (χ0n) is 25.7. The third-order valence-electron chi connectivity index (χ3n) is 7.67. The number of nitrogens with zero attached hydrogens (tertiary/aromatic N) is 2. The standard InChI is InChI=1S/C31H46N4O6S/c1-8-19(4)27(32)30(38)35(7)25(18(2)3)16-26(41-21(6)36)29-34-24(17-42-29)28(37)33-23(14-20(5)31(39)40)15-22-12-10-9-11-13-22/h9-13,17-20,23,25-27H,8,14-16,32H2,1-7H3,(H,33,37)(H,39,40)/t19-,20-,23+,25+,26+,27?/m0/s1. The quantitative estimate of drug-likeness (QED) is 0.239. The number of carbonyl (C=O) groups excluding carboxylic acids is 3. The van der Waals surface area contributed by atoms with Crippen LogP contribution >= 0.6 is 11.3 Å². The third-order valence-corrected chi connectivity index (χ3v) is 8.61. The minimum atomic E-state index is -0.934. The smallest absolute Gasteiger partial charge is 0.306 e. The number of thiazole rings is 1. The largest absolute Gasteiger partial charge is 0.481 e. The van der Waals surface area contributed by atoms with Gasteiger partial charge >= 0.3 is 11.9 Å². The summed E-state index contributed by atoms with van der Waals surface area (Å²) in [6, 6.07) is 8.16. The van der Waals surface area contributed by atoms with Gasteiger partial charge in [-0.1, -0.05) is 71.4 Å². The van der Waals surface area contributed by atoms with Gasteiger partial charge in [-0.05, 0) is 30.2 Å². The third kappa shape index (κ3) is 10.2. The molecule has 42 heavy (non-hydrogen) atoms. The molecule has 1 unspecified atom stereocenters. The lowest BCUT2D eigenvalue weighted by Crippen LogP contribution is -2.51. The first-order valence-electron chi connectivity index (χ1n) is 14.5. The number of carboxylic acids is 1. The second-order valence-corrected chi connectivity index (χ2v) is 12.3. The van der Waals surface area contributed by atoms with Crippen LogP contribution in [0.1, 0.15) is 88.0 Å². The summed E-state index contributed by atoms with van der Waals surface area (Å²) >= 11 is 1.20. The molecule has 0 saturated heterocycles. The van der Waals surface area contributed by atoms with Crippen LogP contribution in [0.3, 0.4) is 0 Å². The maximum Gasteiger partial charge on any atom is 0.306 e. The van der Waals surface area contributed by atoms with Crippen LogP contribution in [0.15, 0.2) is 35.7 Å². The van der Waals surface area contributed by atoms with Crippen molar-refractivity contribution >= 4 is 35.1 Å². The Labute approximate surface area is 253 Å². The van der Waals surface area contributed by atoms with Gasteiger partial charge in [-0.15, -0.1) is 11.3 Å². The molecule has 11 heteroatoms. The zero-order valence-corrected chi connectivity index (χ0v) is 26.5. The summed E-state index contributed by atoms with van der Waals surface area (Å²) in [7, 11) is 1.71. The zero-order chi connectivity index (χ0) is 31.6. The van der Waals surface area contributed by atoms with Gasteiger partial charge in [-0.25, -0.2) is 4.98 Å². The maximum absolute atomic E-state index is 13.3. The van der Waals surface area contributed by atoms with Gasteiger partial charge < -0.3 is 25.8 Å². The van der Waals surface area contributed by atoms with Crippen LogP contribution in [-0.2, 0) is 25.5 Å². The number of carbonyl (C=O) groups is 4. The lowest BCUT2D eigenvalue weighted by atomic mass is 9.93. The fraction of sp³-hybridized carbons (Fsp3) is 0.581. The van der Waals surface area contributed by atoms with E-state index in [2.05, 4.69) is 10.3 Å². The summed E-state index contributed by atoms with van der Waals surface area (Å²) in [4.78, 5) is 56.2. The van der Waals surface area contributed by atoms with E-state index in [1.54, 1.807) is 24.3 Å². The molecule has 6 atom stereocenters. The van der Waals surface area contributed by atoms with Crippen LogP contribution in [-0.4, -0.2) is 63.9 Å². The first kappa shape index (κ1) is 34.9. The Morgan fingerprint density at radius 2 is 1.74 bits per heavy atom. The molecule has 0 aliphatic carbocycles. The number of nitrogens with two attached hydrogens (primary N) is 1. The van der Waals surface area contributed by atoms with E-state index in [-0.39, 0.29) is 42.3 Å². The van der Waals surface area contributed by atoms with E-state index in [1.807, 2.05) is 58.0 Å². The lowest BCUT2D eigenvalue weighted by molar-refractivity contribution is -0.148. The van der Waals surface area contributed by atoms with Gasteiger partial charge in [0.2, 0.25) is 5.91 Å². The maximum atomic E-state index is 13.3. The molecule has 1 heterocycles. The van der Waals surface area contributed by atoms with Crippen molar-refractivity contribution in [3.63, 3.8) is 0 Å². The number of carboxylic acid groups (broad SMARTS) is 1. The number of aromatic nitrogens is 1. The molecule has 2 amide bonds. The molecule has 0 fully saturated rings. The lowest BCUT2D eigenvalue weighted by Gasteiger charge is -2.35. The van der Waals surface area contributed by atoms with Crippen molar-refractivity contribution in [2.24, 2.45) is 23.5 Å². The highest BCUT2D eigenvalue weighted by Crippen LogP contribution is 2.31. The molecular formula is C31H46N4O6S. The van der Waals surface area contributed by atoms with Crippen molar-refractivity contribution in [1.29, 1.82) is 0 Å². The Morgan fingerprint density at radius 3 is 2.29 bits per heavy atom. The molecule has 4 N–H and O–H groups in total. The molecular weight excluding hydrogens is 556 g/mol. The van der Waals surface area contributed by atoms with E-state index in [4.69, 9.17) is 10.5 Å². The highest BCUT2D eigenvalue weighted by molar-refractivity contribution is 7.09. The predicted octanol–water partition coefficient (Wildman–Crippen LogP) is 4.45. The van der Waals surface area contributed by atoms with Gasteiger partial charge in [0, 0.05) is 37.9 Å². The Balaban J connectivity index is 2.26. The topological polar surface area (TPSA) is 152 Å².